The molecule has 1 unspecified atom stereocenters. The number of aliphatic imine (C=N–C) groups is 1. The zero-order valence-corrected chi connectivity index (χ0v) is 20.9. The number of amides is 1. The molecule has 0 saturated carbocycles. The molecule has 9 heteroatoms. The maximum atomic E-state index is 13.7. The number of anilines is 2. The number of halogens is 1. The summed E-state index contributed by atoms with van der Waals surface area (Å²) in [5, 5.41) is 19.1. The molecule has 2 heterocycles. The van der Waals surface area contributed by atoms with Crippen LogP contribution < -0.4 is 16.0 Å². The summed E-state index contributed by atoms with van der Waals surface area (Å²) < 4.78 is 5.81. The highest BCUT2D eigenvalue weighted by atomic mass is 35.5. The Morgan fingerprint density at radius 3 is 2.70 bits per heavy atom. The van der Waals surface area contributed by atoms with E-state index in [0.717, 1.165) is 11.1 Å². The number of guanidine groups is 1. The van der Waals surface area contributed by atoms with E-state index >= 15 is 0 Å². The molecule has 1 atom stereocenters. The highest BCUT2D eigenvalue weighted by Crippen LogP contribution is 2.36. The topological polar surface area (TPSA) is 112 Å². The lowest BCUT2D eigenvalue weighted by Gasteiger charge is -2.28. The van der Waals surface area contributed by atoms with Crippen LogP contribution in [-0.2, 0) is 11.2 Å². The van der Waals surface area contributed by atoms with Gasteiger partial charge in [0.05, 0.1) is 5.57 Å². The van der Waals surface area contributed by atoms with Gasteiger partial charge in [0.1, 0.15) is 11.6 Å². The normalized spacial score (nSPS) is 15.3. The number of rotatable bonds is 7. The minimum atomic E-state index is -0.669. The molecular formula is C28H26ClN5O3. The van der Waals surface area contributed by atoms with E-state index in [1.54, 1.807) is 6.07 Å². The van der Waals surface area contributed by atoms with Crippen LogP contribution in [0.25, 0.3) is 11.1 Å². The molecular weight excluding hydrogens is 490 g/mol. The summed E-state index contributed by atoms with van der Waals surface area (Å²) in [7, 11) is 0. The second-order valence-electron chi connectivity index (χ2n) is 8.51. The molecule has 5 rings (SSSR count). The molecule has 3 aromatic carbocycles. The molecule has 0 saturated heterocycles. The molecule has 4 N–H and O–H groups in total. The average molecular weight is 516 g/mol. The zero-order valence-electron chi connectivity index (χ0n) is 20.2. The minimum absolute atomic E-state index is 0.0333. The lowest BCUT2D eigenvalue weighted by Crippen LogP contribution is -2.38. The Labute approximate surface area is 219 Å². The van der Waals surface area contributed by atoms with E-state index in [4.69, 9.17) is 21.0 Å². The third-order valence-corrected chi connectivity index (χ3v) is 6.37. The number of aliphatic hydroxyl groups is 1. The van der Waals surface area contributed by atoms with Crippen LogP contribution in [0, 0.1) is 0 Å². The first-order valence-corrected chi connectivity index (χ1v) is 12.4. The van der Waals surface area contributed by atoms with Crippen molar-refractivity contribution in [2.75, 3.05) is 17.2 Å². The molecule has 0 spiro atoms. The van der Waals surface area contributed by atoms with E-state index in [0.29, 0.717) is 51.9 Å². The third kappa shape index (κ3) is 5.35. The molecule has 1 aliphatic rings. The van der Waals surface area contributed by atoms with Gasteiger partial charge in [-0.1, -0.05) is 61.0 Å². The van der Waals surface area contributed by atoms with E-state index < -0.39 is 6.04 Å². The highest BCUT2D eigenvalue weighted by Gasteiger charge is 2.32. The van der Waals surface area contributed by atoms with Crippen LogP contribution in [0.3, 0.4) is 0 Å². The molecule has 188 valence electrons. The quantitative estimate of drug-likeness (QED) is 0.261. The summed E-state index contributed by atoms with van der Waals surface area (Å²) in [6.45, 7) is 2.00. The van der Waals surface area contributed by atoms with Crippen molar-refractivity contribution in [2.45, 2.75) is 25.8 Å². The van der Waals surface area contributed by atoms with E-state index in [-0.39, 0.29) is 18.5 Å². The second-order valence-corrected chi connectivity index (χ2v) is 8.92. The van der Waals surface area contributed by atoms with Crippen LogP contribution >= 0.6 is 11.6 Å². The fourth-order valence-corrected chi connectivity index (χ4v) is 4.52. The molecule has 37 heavy (non-hydrogen) atoms. The number of allylic oxidation sites excluding steroid dienone is 1. The zero-order chi connectivity index (χ0) is 25.8. The SMILES string of the molecule is CCC1=C(C(=O)Nc2cccc(CCO)c2)C(c2ccccc2Cl)N=C(Nc2nc3ccccc3o2)N1. The number of nitrogens with zero attached hydrogens (tertiary/aromatic N) is 2. The first-order valence-electron chi connectivity index (χ1n) is 12.0. The van der Waals surface area contributed by atoms with Gasteiger partial charge in [-0.2, -0.15) is 4.98 Å². The van der Waals surface area contributed by atoms with Crippen LogP contribution in [0.2, 0.25) is 5.02 Å². The summed E-state index contributed by atoms with van der Waals surface area (Å²) in [5.41, 5.74) is 4.80. The summed E-state index contributed by atoms with van der Waals surface area (Å²) in [6, 6.07) is 21.9. The van der Waals surface area contributed by atoms with Crippen molar-refractivity contribution in [3.8, 4) is 0 Å². The van der Waals surface area contributed by atoms with Crippen molar-refractivity contribution >= 4 is 46.3 Å². The van der Waals surface area contributed by atoms with Gasteiger partial charge in [-0.05, 0) is 48.7 Å². The van der Waals surface area contributed by atoms with E-state index in [1.807, 2.05) is 73.7 Å². The van der Waals surface area contributed by atoms with Gasteiger partial charge in [-0.25, -0.2) is 4.99 Å². The van der Waals surface area contributed by atoms with Crippen LogP contribution in [-0.4, -0.2) is 28.6 Å². The number of carbonyl (C=O) groups excluding carboxylic acids is 1. The number of fused-ring (bicyclic) bond motifs is 1. The average Bonchev–Trinajstić information content (AvgIpc) is 3.31. The fourth-order valence-electron chi connectivity index (χ4n) is 4.29. The largest absolute Gasteiger partial charge is 0.423 e. The summed E-state index contributed by atoms with van der Waals surface area (Å²) >= 11 is 6.58. The number of aromatic nitrogens is 1. The van der Waals surface area contributed by atoms with Crippen molar-refractivity contribution in [2.24, 2.45) is 4.99 Å². The first-order chi connectivity index (χ1) is 18.1. The maximum Gasteiger partial charge on any atom is 0.302 e. The third-order valence-electron chi connectivity index (χ3n) is 6.03. The van der Waals surface area contributed by atoms with Gasteiger partial charge in [0.15, 0.2) is 5.58 Å². The Morgan fingerprint density at radius 2 is 1.92 bits per heavy atom. The van der Waals surface area contributed by atoms with Gasteiger partial charge in [-0.3, -0.25) is 10.1 Å². The van der Waals surface area contributed by atoms with Gasteiger partial charge >= 0.3 is 6.01 Å². The number of aliphatic hydroxyl groups excluding tert-OH is 1. The number of carbonyl (C=O) groups is 1. The summed E-state index contributed by atoms with van der Waals surface area (Å²) in [6.07, 6.45) is 1.05. The van der Waals surface area contributed by atoms with Gasteiger partial charge in [-0.15, -0.1) is 0 Å². The first kappa shape index (κ1) is 24.5. The predicted molar refractivity (Wildman–Crippen MR) is 146 cm³/mol. The number of nitrogens with one attached hydrogen (secondary N) is 3. The van der Waals surface area contributed by atoms with Gasteiger partial charge < -0.3 is 20.2 Å². The number of benzene rings is 3. The number of hydrogen-bond donors (Lipinski definition) is 4. The molecule has 1 aromatic heterocycles. The van der Waals surface area contributed by atoms with Crippen LogP contribution in [0.4, 0.5) is 11.7 Å². The number of oxazole rings is 1. The molecule has 0 bridgehead atoms. The monoisotopic (exact) mass is 515 g/mol. The number of para-hydroxylation sites is 2. The maximum absolute atomic E-state index is 13.7. The molecule has 0 radical (unpaired) electrons. The van der Waals surface area contributed by atoms with E-state index in [2.05, 4.69) is 20.9 Å². The Hall–Kier alpha value is -4.14. The van der Waals surface area contributed by atoms with Crippen molar-refractivity contribution in [1.82, 2.24) is 10.3 Å². The molecule has 4 aromatic rings. The lowest BCUT2D eigenvalue weighted by atomic mass is 9.94. The lowest BCUT2D eigenvalue weighted by molar-refractivity contribution is -0.113. The predicted octanol–water partition coefficient (Wildman–Crippen LogP) is 5.43. The molecule has 0 aliphatic carbocycles. The summed E-state index contributed by atoms with van der Waals surface area (Å²) in [4.78, 5) is 23.0. The van der Waals surface area contributed by atoms with Crippen molar-refractivity contribution < 1.29 is 14.3 Å². The van der Waals surface area contributed by atoms with Crippen molar-refractivity contribution in [3.63, 3.8) is 0 Å². The van der Waals surface area contributed by atoms with E-state index in [9.17, 15) is 9.90 Å². The van der Waals surface area contributed by atoms with Gasteiger partial charge in [0.25, 0.3) is 5.91 Å². The smallest absolute Gasteiger partial charge is 0.302 e. The van der Waals surface area contributed by atoms with Crippen LogP contribution in [0.1, 0.15) is 30.5 Å². The second kappa shape index (κ2) is 10.9. The van der Waals surface area contributed by atoms with Crippen LogP contribution in [0.5, 0.6) is 0 Å². The summed E-state index contributed by atoms with van der Waals surface area (Å²) in [5.74, 6) is 0.106. The molecule has 0 fully saturated rings. The standard InChI is InChI=1S/C28H26ClN5O3/c1-2-21-24(26(36)30-18-9-7-8-17(16-18)14-15-35)25(19-10-3-4-11-20(19)29)33-27(31-21)34-28-32-22-12-5-6-13-23(22)37-28/h3-13,16,25,35H,2,14-15H2,1H3,(H,30,36)(H2,31,32,33,34). The fraction of sp³-hybridized carbons (Fsp3) is 0.179. The van der Waals surface area contributed by atoms with Crippen molar-refractivity contribution in [3.05, 3.63) is 100 Å². The Balaban J connectivity index is 1.50. The molecule has 1 amide bonds. The molecule has 1 aliphatic heterocycles. The molecule has 8 nitrogen and oxygen atoms in total. The minimum Gasteiger partial charge on any atom is -0.423 e. The van der Waals surface area contributed by atoms with E-state index in [1.165, 1.54) is 0 Å². The van der Waals surface area contributed by atoms with Gasteiger partial charge in [0.2, 0.25) is 5.96 Å². The highest BCUT2D eigenvalue weighted by molar-refractivity contribution is 6.31. The number of hydrogen-bond acceptors (Lipinski definition) is 7. The van der Waals surface area contributed by atoms with Gasteiger partial charge in [0, 0.05) is 28.6 Å². The Kier molecular flexibility index (Phi) is 7.20. The van der Waals surface area contributed by atoms with Crippen LogP contribution in [0.15, 0.2) is 93.5 Å². The Morgan fingerprint density at radius 1 is 1.11 bits per heavy atom. The van der Waals surface area contributed by atoms with Crippen molar-refractivity contribution in [1.29, 1.82) is 0 Å². The Bertz CT molecular complexity index is 1480.